The molecule has 6 heteroatoms. The molecule has 0 radical (unpaired) electrons. The van der Waals surface area contributed by atoms with E-state index in [9.17, 15) is 4.79 Å². The van der Waals surface area contributed by atoms with Crippen LogP contribution < -0.4 is 0 Å². The molecule has 4 rings (SSSR count). The van der Waals surface area contributed by atoms with Gasteiger partial charge in [0.2, 0.25) is 5.91 Å². The number of piperidine rings is 1. The van der Waals surface area contributed by atoms with Crippen molar-refractivity contribution in [1.29, 1.82) is 0 Å². The standard InChI is InChI=1S/C25H31N5O/c1-17-14-18(2)27-25(26-17)30-20(4)23(19(3)28-30)16-24(31)29-12-10-22(11-13-29)15-21-8-6-5-7-9-21/h5-9,14,22H,10-13,15-16H2,1-4H3. The topological polar surface area (TPSA) is 63.9 Å². The Hall–Kier alpha value is -3.02. The number of aryl methyl sites for hydroxylation is 3. The zero-order chi connectivity index (χ0) is 22.0. The summed E-state index contributed by atoms with van der Waals surface area (Å²) in [6.07, 6.45) is 3.61. The van der Waals surface area contributed by atoms with Crippen molar-refractivity contribution < 1.29 is 4.79 Å². The Bertz CT molecular complexity index is 1040. The minimum Gasteiger partial charge on any atom is -0.342 e. The highest BCUT2D eigenvalue weighted by atomic mass is 16.2. The molecule has 1 saturated heterocycles. The number of amides is 1. The van der Waals surface area contributed by atoms with Gasteiger partial charge in [0, 0.05) is 35.7 Å². The van der Waals surface area contributed by atoms with Crippen molar-refractivity contribution in [1.82, 2.24) is 24.6 Å². The van der Waals surface area contributed by atoms with Gasteiger partial charge in [-0.25, -0.2) is 14.6 Å². The smallest absolute Gasteiger partial charge is 0.251 e. The molecular formula is C25H31N5O. The third-order valence-corrected chi connectivity index (χ3v) is 6.26. The first-order chi connectivity index (χ1) is 14.9. The van der Waals surface area contributed by atoms with Gasteiger partial charge in [0.1, 0.15) is 0 Å². The van der Waals surface area contributed by atoms with E-state index in [0.29, 0.717) is 18.3 Å². The molecule has 1 aromatic carbocycles. The molecule has 31 heavy (non-hydrogen) atoms. The lowest BCUT2D eigenvalue weighted by Gasteiger charge is -2.32. The molecular weight excluding hydrogens is 386 g/mol. The minimum atomic E-state index is 0.185. The number of likely N-dealkylation sites (tertiary alicyclic amines) is 1. The lowest BCUT2D eigenvalue weighted by atomic mass is 9.90. The highest BCUT2D eigenvalue weighted by molar-refractivity contribution is 5.79. The molecule has 3 aromatic rings. The van der Waals surface area contributed by atoms with Gasteiger partial charge in [0.05, 0.1) is 12.1 Å². The van der Waals surface area contributed by atoms with E-state index in [1.54, 1.807) is 4.68 Å². The molecule has 0 saturated carbocycles. The van der Waals surface area contributed by atoms with Crippen molar-refractivity contribution in [2.45, 2.75) is 53.4 Å². The Morgan fingerprint density at radius 2 is 1.65 bits per heavy atom. The van der Waals surface area contributed by atoms with Crippen molar-refractivity contribution in [3.8, 4) is 5.95 Å². The quantitative estimate of drug-likeness (QED) is 0.631. The number of hydrogen-bond acceptors (Lipinski definition) is 4. The molecule has 1 fully saturated rings. The molecule has 6 nitrogen and oxygen atoms in total. The summed E-state index contributed by atoms with van der Waals surface area (Å²) >= 11 is 0. The molecule has 0 N–H and O–H groups in total. The molecule has 0 aliphatic carbocycles. The fourth-order valence-corrected chi connectivity index (χ4v) is 4.52. The van der Waals surface area contributed by atoms with E-state index in [4.69, 9.17) is 0 Å². The molecule has 162 valence electrons. The number of benzene rings is 1. The third-order valence-electron chi connectivity index (χ3n) is 6.26. The highest BCUT2D eigenvalue weighted by Crippen LogP contribution is 2.23. The van der Waals surface area contributed by atoms with Crippen LogP contribution in [0.25, 0.3) is 5.95 Å². The number of carbonyl (C=O) groups excluding carboxylic acids is 1. The average molecular weight is 418 g/mol. The second kappa shape index (κ2) is 9.00. The maximum Gasteiger partial charge on any atom is 0.251 e. The van der Waals surface area contributed by atoms with Crippen LogP contribution in [0.1, 0.15) is 46.7 Å². The average Bonchev–Trinajstić information content (AvgIpc) is 3.02. The van der Waals surface area contributed by atoms with Crippen molar-refractivity contribution in [3.63, 3.8) is 0 Å². The molecule has 0 bridgehead atoms. The molecule has 0 unspecified atom stereocenters. The van der Waals surface area contributed by atoms with Crippen molar-refractivity contribution in [3.05, 3.63) is 70.3 Å². The summed E-state index contributed by atoms with van der Waals surface area (Å²) in [7, 11) is 0. The SMILES string of the molecule is Cc1cc(C)nc(-n2nc(C)c(CC(=O)N3CCC(Cc4ccccc4)CC3)c2C)n1. The summed E-state index contributed by atoms with van der Waals surface area (Å²) in [5.74, 6) is 1.41. The largest absolute Gasteiger partial charge is 0.342 e. The normalized spacial score (nSPS) is 14.8. The molecule has 3 heterocycles. The van der Waals surface area contributed by atoms with Crippen molar-refractivity contribution in [2.75, 3.05) is 13.1 Å². The van der Waals surface area contributed by atoms with Gasteiger partial charge in [-0.05, 0) is 64.5 Å². The first-order valence-electron chi connectivity index (χ1n) is 11.1. The highest BCUT2D eigenvalue weighted by Gasteiger charge is 2.25. The van der Waals surface area contributed by atoms with Crippen LogP contribution in [-0.2, 0) is 17.6 Å². The minimum absolute atomic E-state index is 0.185. The first-order valence-corrected chi connectivity index (χ1v) is 11.1. The van der Waals surface area contributed by atoms with Crippen LogP contribution in [0, 0.1) is 33.6 Å². The molecule has 1 amide bonds. The van der Waals surface area contributed by atoms with Crippen LogP contribution >= 0.6 is 0 Å². The summed E-state index contributed by atoms with van der Waals surface area (Å²) < 4.78 is 1.77. The van der Waals surface area contributed by atoms with Crippen molar-refractivity contribution >= 4 is 5.91 Å². The van der Waals surface area contributed by atoms with E-state index in [-0.39, 0.29) is 5.91 Å². The lowest BCUT2D eigenvalue weighted by Crippen LogP contribution is -2.39. The Morgan fingerprint density at radius 1 is 1.00 bits per heavy atom. The van der Waals surface area contributed by atoms with E-state index in [2.05, 4.69) is 45.4 Å². The van der Waals surface area contributed by atoms with E-state index in [1.807, 2.05) is 38.7 Å². The van der Waals surface area contributed by atoms with Gasteiger partial charge in [-0.2, -0.15) is 5.10 Å². The van der Waals surface area contributed by atoms with Crippen LogP contribution in [0.5, 0.6) is 0 Å². The first kappa shape index (κ1) is 21.2. The fraction of sp³-hybridized carbons (Fsp3) is 0.440. The Morgan fingerprint density at radius 3 is 2.29 bits per heavy atom. The molecule has 2 aromatic heterocycles. The van der Waals surface area contributed by atoms with E-state index in [0.717, 1.165) is 60.7 Å². The number of hydrogen-bond donors (Lipinski definition) is 0. The van der Waals surface area contributed by atoms with Gasteiger partial charge in [-0.1, -0.05) is 30.3 Å². The summed E-state index contributed by atoms with van der Waals surface area (Å²) in [6.45, 7) is 9.54. The lowest BCUT2D eigenvalue weighted by molar-refractivity contribution is -0.131. The van der Waals surface area contributed by atoms with E-state index in [1.165, 1.54) is 5.56 Å². The Balaban J connectivity index is 1.41. The number of rotatable bonds is 5. The van der Waals surface area contributed by atoms with E-state index < -0.39 is 0 Å². The van der Waals surface area contributed by atoms with Crippen LogP contribution in [0.15, 0.2) is 36.4 Å². The number of aromatic nitrogens is 4. The van der Waals surface area contributed by atoms with Gasteiger partial charge in [-0.15, -0.1) is 0 Å². The van der Waals surface area contributed by atoms with Crippen LogP contribution in [0.3, 0.4) is 0 Å². The molecule has 0 spiro atoms. The monoisotopic (exact) mass is 417 g/mol. The number of nitrogens with zero attached hydrogens (tertiary/aromatic N) is 5. The zero-order valence-electron chi connectivity index (χ0n) is 18.9. The Kier molecular flexibility index (Phi) is 6.16. The van der Waals surface area contributed by atoms with Gasteiger partial charge in [0.25, 0.3) is 5.95 Å². The third kappa shape index (κ3) is 4.84. The maximum absolute atomic E-state index is 13.0. The molecule has 1 aliphatic rings. The van der Waals surface area contributed by atoms with E-state index >= 15 is 0 Å². The zero-order valence-corrected chi connectivity index (χ0v) is 18.9. The van der Waals surface area contributed by atoms with Gasteiger partial charge in [-0.3, -0.25) is 4.79 Å². The molecule has 1 aliphatic heterocycles. The molecule has 0 atom stereocenters. The van der Waals surface area contributed by atoms with Crippen LogP contribution in [0.4, 0.5) is 0 Å². The predicted molar refractivity (Wildman–Crippen MR) is 121 cm³/mol. The van der Waals surface area contributed by atoms with Crippen LogP contribution in [-0.4, -0.2) is 43.6 Å². The van der Waals surface area contributed by atoms with Crippen LogP contribution in [0.2, 0.25) is 0 Å². The fourth-order valence-electron chi connectivity index (χ4n) is 4.52. The second-order valence-corrected chi connectivity index (χ2v) is 8.70. The Labute approximate surface area is 184 Å². The number of carbonyl (C=O) groups is 1. The van der Waals surface area contributed by atoms with Gasteiger partial charge < -0.3 is 4.90 Å². The second-order valence-electron chi connectivity index (χ2n) is 8.70. The predicted octanol–water partition coefficient (Wildman–Crippen LogP) is 3.92. The van der Waals surface area contributed by atoms with Gasteiger partial charge in [0.15, 0.2) is 0 Å². The summed E-state index contributed by atoms with van der Waals surface area (Å²) in [5, 5.41) is 4.64. The maximum atomic E-state index is 13.0. The van der Waals surface area contributed by atoms with Crippen molar-refractivity contribution in [2.24, 2.45) is 5.92 Å². The summed E-state index contributed by atoms with van der Waals surface area (Å²) in [5.41, 5.74) is 6.00. The van der Waals surface area contributed by atoms with Gasteiger partial charge >= 0.3 is 0 Å². The summed E-state index contributed by atoms with van der Waals surface area (Å²) in [4.78, 5) is 24.1. The summed E-state index contributed by atoms with van der Waals surface area (Å²) in [6, 6.07) is 12.6.